The number of pyridine rings is 1. The summed E-state index contributed by atoms with van der Waals surface area (Å²) in [6.45, 7) is 5.80. The van der Waals surface area contributed by atoms with Gasteiger partial charge in [0.2, 0.25) is 5.95 Å². The molecule has 0 aliphatic heterocycles. The lowest BCUT2D eigenvalue weighted by atomic mass is 10.1. The second kappa shape index (κ2) is 9.27. The van der Waals surface area contributed by atoms with E-state index in [0.29, 0.717) is 17.3 Å². The number of aromatic nitrogens is 5. The smallest absolute Gasteiger partial charge is 0.256 e. The van der Waals surface area contributed by atoms with E-state index in [0.717, 1.165) is 33.5 Å². The lowest BCUT2D eigenvalue weighted by Crippen LogP contribution is -2.16. The fourth-order valence-corrected chi connectivity index (χ4v) is 3.96. The normalized spacial score (nSPS) is 10.7. The predicted molar refractivity (Wildman–Crippen MR) is 138 cm³/mol. The van der Waals surface area contributed by atoms with Gasteiger partial charge in [0, 0.05) is 28.0 Å². The molecule has 0 fully saturated rings. The van der Waals surface area contributed by atoms with Gasteiger partial charge in [-0.25, -0.2) is 15.0 Å². The molecule has 0 radical (unpaired) electrons. The van der Waals surface area contributed by atoms with Crippen LogP contribution in [0.3, 0.4) is 0 Å². The number of nitriles is 1. The molecule has 1 amide bonds. The lowest BCUT2D eigenvalue weighted by Gasteiger charge is -2.12. The first-order valence-corrected chi connectivity index (χ1v) is 11.3. The van der Waals surface area contributed by atoms with Gasteiger partial charge >= 0.3 is 0 Å². The Morgan fingerprint density at radius 2 is 1.67 bits per heavy atom. The van der Waals surface area contributed by atoms with Crippen LogP contribution in [0.1, 0.15) is 32.9 Å². The Morgan fingerprint density at radius 1 is 0.944 bits per heavy atom. The summed E-state index contributed by atoms with van der Waals surface area (Å²) in [7, 11) is 0. The third-order valence-electron chi connectivity index (χ3n) is 5.63. The molecule has 3 heterocycles. The fourth-order valence-electron chi connectivity index (χ4n) is 3.96. The molecule has 2 N–H and O–H groups in total. The van der Waals surface area contributed by atoms with Crippen molar-refractivity contribution < 1.29 is 4.79 Å². The maximum Gasteiger partial charge on any atom is 0.256 e. The molecule has 2 aromatic carbocycles. The summed E-state index contributed by atoms with van der Waals surface area (Å²) in [6, 6.07) is 20.6. The maximum absolute atomic E-state index is 13.1. The molecular weight excluding hydrogens is 452 g/mol. The largest absolute Gasteiger partial charge is 0.324 e. The number of benzene rings is 2. The molecule has 3 aromatic heterocycles. The van der Waals surface area contributed by atoms with Crippen LogP contribution < -0.4 is 10.6 Å². The second-order valence-corrected chi connectivity index (χ2v) is 8.38. The zero-order valence-electron chi connectivity index (χ0n) is 19.9. The number of carbonyl (C=O) groups excluding carboxylic acids is 1. The molecule has 0 aliphatic rings. The number of nitrogens with one attached hydrogen (secondary N) is 2. The van der Waals surface area contributed by atoms with Crippen molar-refractivity contribution in [1.29, 1.82) is 5.26 Å². The molecule has 5 rings (SSSR count). The van der Waals surface area contributed by atoms with Crippen LogP contribution in [-0.4, -0.2) is 30.6 Å². The number of rotatable bonds is 5. The van der Waals surface area contributed by atoms with Gasteiger partial charge < -0.3 is 10.6 Å². The Balaban J connectivity index is 1.41. The topological polar surface area (TPSA) is 121 Å². The fraction of sp³-hybridized carbons (Fsp3) is 0.111. The molecule has 0 spiro atoms. The van der Waals surface area contributed by atoms with Gasteiger partial charge in [-0.15, -0.1) is 0 Å². The van der Waals surface area contributed by atoms with Gasteiger partial charge in [0.15, 0.2) is 11.6 Å². The minimum Gasteiger partial charge on any atom is -0.324 e. The van der Waals surface area contributed by atoms with Crippen molar-refractivity contribution in [2.45, 2.75) is 20.8 Å². The number of para-hydroxylation sites is 1. The first-order chi connectivity index (χ1) is 17.4. The van der Waals surface area contributed by atoms with Crippen molar-refractivity contribution in [2.75, 3.05) is 10.6 Å². The van der Waals surface area contributed by atoms with Gasteiger partial charge in [-0.05, 0) is 68.8 Å². The number of anilines is 3. The van der Waals surface area contributed by atoms with Crippen LogP contribution in [0.15, 0.2) is 66.9 Å². The van der Waals surface area contributed by atoms with E-state index in [1.54, 1.807) is 24.3 Å². The van der Waals surface area contributed by atoms with Crippen LogP contribution in [0, 0.1) is 32.1 Å². The highest BCUT2D eigenvalue weighted by atomic mass is 16.1. The van der Waals surface area contributed by atoms with Crippen molar-refractivity contribution in [2.24, 2.45) is 0 Å². The van der Waals surface area contributed by atoms with E-state index in [9.17, 15) is 10.1 Å². The van der Waals surface area contributed by atoms with E-state index in [2.05, 4.69) is 36.8 Å². The summed E-state index contributed by atoms with van der Waals surface area (Å²) < 4.78 is 1.48. The summed E-state index contributed by atoms with van der Waals surface area (Å²) in [5.41, 5.74) is 4.94. The number of hydrogen-bond acceptors (Lipinski definition) is 7. The van der Waals surface area contributed by atoms with E-state index in [-0.39, 0.29) is 17.3 Å². The predicted octanol–water partition coefficient (Wildman–Crippen LogP) is 5.00. The quantitative estimate of drug-likeness (QED) is 0.367. The van der Waals surface area contributed by atoms with Crippen LogP contribution in [-0.2, 0) is 0 Å². The minimum absolute atomic E-state index is 0.237. The van der Waals surface area contributed by atoms with Gasteiger partial charge in [-0.3, -0.25) is 4.79 Å². The number of fused-ring (bicyclic) bond motifs is 1. The van der Waals surface area contributed by atoms with Crippen LogP contribution in [0.25, 0.3) is 16.7 Å². The summed E-state index contributed by atoms with van der Waals surface area (Å²) in [6.07, 6.45) is 1.42. The van der Waals surface area contributed by atoms with Crippen molar-refractivity contribution in [3.8, 4) is 11.9 Å². The van der Waals surface area contributed by atoms with Gasteiger partial charge in [0.1, 0.15) is 11.6 Å². The number of aryl methyl sites for hydroxylation is 3. The number of nitrogens with zero attached hydrogens (tertiary/aromatic N) is 6. The van der Waals surface area contributed by atoms with Crippen molar-refractivity contribution >= 4 is 34.3 Å². The average Bonchev–Trinajstić information content (AvgIpc) is 3.26. The number of hydrogen-bond donors (Lipinski definition) is 2. The molecule has 0 saturated carbocycles. The number of carbonyl (C=O) groups is 1. The Labute approximate surface area is 207 Å². The SMILES string of the molecule is Cc1cc(C)nc(Nc2ccc(C(=O)Nc3c(C#N)cnn3-c3cc(C)c4ccccc4n3)cc2)n1. The highest BCUT2D eigenvalue weighted by Crippen LogP contribution is 2.24. The standard InChI is InChI=1S/C27H22N8O/c1-16-12-24(33-23-7-5-4-6-22(16)23)35-25(20(14-28)15-29-35)34-26(36)19-8-10-21(11-9-19)32-27-30-17(2)13-18(3)31-27/h4-13,15H,1-3H3,(H,34,36)(H,30,31,32). The first kappa shape index (κ1) is 22.7. The lowest BCUT2D eigenvalue weighted by molar-refractivity contribution is 0.102. The zero-order chi connectivity index (χ0) is 25.2. The molecule has 0 saturated heterocycles. The highest BCUT2D eigenvalue weighted by molar-refractivity contribution is 6.04. The molecule has 9 heteroatoms. The third kappa shape index (κ3) is 4.48. The molecule has 0 unspecified atom stereocenters. The third-order valence-corrected chi connectivity index (χ3v) is 5.63. The van der Waals surface area contributed by atoms with Crippen LogP contribution >= 0.6 is 0 Å². The van der Waals surface area contributed by atoms with Crippen molar-refractivity contribution in [3.05, 3.63) is 94.9 Å². The van der Waals surface area contributed by atoms with E-state index in [1.807, 2.05) is 57.2 Å². The summed E-state index contributed by atoms with van der Waals surface area (Å²) in [4.78, 5) is 26.5. The van der Waals surface area contributed by atoms with Crippen molar-refractivity contribution in [1.82, 2.24) is 24.7 Å². The van der Waals surface area contributed by atoms with E-state index < -0.39 is 0 Å². The van der Waals surface area contributed by atoms with Crippen LogP contribution in [0.2, 0.25) is 0 Å². The average molecular weight is 475 g/mol. The summed E-state index contributed by atoms with van der Waals surface area (Å²) >= 11 is 0. The molecule has 0 aliphatic carbocycles. The second-order valence-electron chi connectivity index (χ2n) is 8.38. The van der Waals surface area contributed by atoms with Gasteiger partial charge in [0.25, 0.3) is 5.91 Å². The van der Waals surface area contributed by atoms with E-state index in [1.165, 1.54) is 10.9 Å². The monoisotopic (exact) mass is 474 g/mol. The highest BCUT2D eigenvalue weighted by Gasteiger charge is 2.18. The Morgan fingerprint density at radius 3 is 2.39 bits per heavy atom. The first-order valence-electron chi connectivity index (χ1n) is 11.3. The van der Waals surface area contributed by atoms with Crippen molar-refractivity contribution in [3.63, 3.8) is 0 Å². The molecule has 9 nitrogen and oxygen atoms in total. The zero-order valence-corrected chi connectivity index (χ0v) is 19.9. The van der Waals surface area contributed by atoms with Gasteiger partial charge in [-0.2, -0.15) is 15.0 Å². The van der Waals surface area contributed by atoms with Gasteiger partial charge in [-0.1, -0.05) is 18.2 Å². The molecule has 0 atom stereocenters. The molecule has 36 heavy (non-hydrogen) atoms. The van der Waals surface area contributed by atoms with Crippen LogP contribution in [0.4, 0.5) is 17.5 Å². The van der Waals surface area contributed by atoms with Gasteiger partial charge in [0.05, 0.1) is 11.7 Å². The molecule has 5 aromatic rings. The minimum atomic E-state index is -0.375. The van der Waals surface area contributed by atoms with Crippen LogP contribution in [0.5, 0.6) is 0 Å². The Kier molecular flexibility index (Phi) is 5.84. The Hall–Kier alpha value is -5.10. The summed E-state index contributed by atoms with van der Waals surface area (Å²) in [5.74, 6) is 0.886. The maximum atomic E-state index is 13.1. The molecular formula is C27H22N8O. The Bertz CT molecular complexity index is 1630. The molecule has 0 bridgehead atoms. The molecule has 176 valence electrons. The number of amides is 1. The van der Waals surface area contributed by atoms with E-state index in [4.69, 9.17) is 0 Å². The summed E-state index contributed by atoms with van der Waals surface area (Å²) in [5, 5.41) is 20.9. The van der Waals surface area contributed by atoms with E-state index >= 15 is 0 Å².